The van der Waals surface area contributed by atoms with Crippen molar-refractivity contribution in [1.82, 2.24) is 9.97 Å². The van der Waals surface area contributed by atoms with Gasteiger partial charge in [0.2, 0.25) is 0 Å². The number of rotatable bonds is 5. The molecule has 0 bridgehead atoms. The Labute approximate surface area is 125 Å². The highest BCUT2D eigenvalue weighted by Crippen LogP contribution is 2.22. The molecule has 0 aliphatic heterocycles. The summed E-state index contributed by atoms with van der Waals surface area (Å²) >= 11 is 4.97. The zero-order chi connectivity index (χ0) is 13.7. The Morgan fingerprint density at radius 1 is 1.37 bits per heavy atom. The van der Waals surface area contributed by atoms with Crippen molar-refractivity contribution in [3.8, 4) is 0 Å². The van der Waals surface area contributed by atoms with Crippen LogP contribution < -0.4 is 0 Å². The van der Waals surface area contributed by atoms with E-state index in [2.05, 4.69) is 32.8 Å². The Bertz CT molecular complexity index is 563. The highest BCUT2D eigenvalue weighted by atomic mass is 79.9. The van der Waals surface area contributed by atoms with Gasteiger partial charge in [0.05, 0.1) is 5.75 Å². The molecule has 0 unspecified atom stereocenters. The Hall–Kier alpha value is -0.940. The van der Waals surface area contributed by atoms with Gasteiger partial charge < -0.3 is 0 Å². The highest BCUT2D eigenvalue weighted by Gasteiger charge is 2.05. The van der Waals surface area contributed by atoms with Crippen LogP contribution in [0.15, 0.2) is 35.4 Å². The van der Waals surface area contributed by atoms with Gasteiger partial charge in [-0.3, -0.25) is 0 Å². The van der Waals surface area contributed by atoms with Gasteiger partial charge in [-0.1, -0.05) is 28.9 Å². The second kappa shape index (κ2) is 7.01. The van der Waals surface area contributed by atoms with Gasteiger partial charge in [0.25, 0.3) is 0 Å². The third-order valence-electron chi connectivity index (χ3n) is 2.65. The Kier molecular flexibility index (Phi) is 5.34. The first kappa shape index (κ1) is 14.5. The Morgan fingerprint density at radius 2 is 2.21 bits per heavy atom. The van der Waals surface area contributed by atoms with Gasteiger partial charge in [-0.05, 0) is 24.6 Å². The number of aryl methyl sites for hydroxylation is 1. The summed E-state index contributed by atoms with van der Waals surface area (Å²) in [7, 11) is 0. The quantitative estimate of drug-likeness (QED) is 0.597. The number of hydrogen-bond acceptors (Lipinski definition) is 3. The summed E-state index contributed by atoms with van der Waals surface area (Å²) in [6.45, 7) is 2.08. The van der Waals surface area contributed by atoms with E-state index in [-0.39, 0.29) is 5.82 Å². The molecule has 19 heavy (non-hydrogen) atoms. The summed E-state index contributed by atoms with van der Waals surface area (Å²) in [5, 5.41) is 0.771. The summed E-state index contributed by atoms with van der Waals surface area (Å²) < 4.78 is 13.1. The van der Waals surface area contributed by atoms with Crippen LogP contribution in [0.3, 0.4) is 0 Å². The van der Waals surface area contributed by atoms with Gasteiger partial charge in [-0.15, -0.1) is 11.8 Å². The number of hydrogen-bond donors (Lipinski definition) is 0. The van der Waals surface area contributed by atoms with Crippen LogP contribution in [0.2, 0.25) is 0 Å². The normalized spacial score (nSPS) is 10.7. The maximum Gasteiger partial charge on any atom is 0.138 e. The second-order valence-electron chi connectivity index (χ2n) is 3.99. The molecule has 1 aromatic heterocycles. The van der Waals surface area contributed by atoms with Crippen LogP contribution in [0.1, 0.15) is 24.0 Å². The lowest BCUT2D eigenvalue weighted by Gasteiger charge is -2.06. The summed E-state index contributed by atoms with van der Waals surface area (Å²) in [6, 6.07) is 6.57. The first-order valence-corrected chi connectivity index (χ1v) is 8.11. The SMILES string of the molecule is CCc1nc(CSc2cccc(F)c2)ncc1CBr. The van der Waals surface area contributed by atoms with Crippen molar-refractivity contribution >= 4 is 27.7 Å². The predicted octanol–water partition coefficient (Wildman–Crippen LogP) is 4.37. The summed E-state index contributed by atoms with van der Waals surface area (Å²) in [5.41, 5.74) is 2.20. The molecule has 0 N–H and O–H groups in total. The molecule has 0 radical (unpaired) electrons. The summed E-state index contributed by atoms with van der Waals surface area (Å²) in [6.07, 6.45) is 2.75. The summed E-state index contributed by atoms with van der Waals surface area (Å²) in [4.78, 5) is 9.78. The molecule has 5 heteroatoms. The smallest absolute Gasteiger partial charge is 0.138 e. The van der Waals surface area contributed by atoms with Gasteiger partial charge in [0.1, 0.15) is 11.6 Å². The zero-order valence-electron chi connectivity index (χ0n) is 10.6. The third-order valence-corrected chi connectivity index (χ3v) is 4.24. The lowest BCUT2D eigenvalue weighted by molar-refractivity contribution is 0.624. The van der Waals surface area contributed by atoms with Crippen molar-refractivity contribution in [3.05, 3.63) is 53.4 Å². The molecule has 0 saturated carbocycles. The maximum absolute atomic E-state index is 13.1. The molecule has 1 aromatic carbocycles. The van der Waals surface area contributed by atoms with Crippen molar-refractivity contribution in [3.63, 3.8) is 0 Å². The monoisotopic (exact) mass is 340 g/mol. The van der Waals surface area contributed by atoms with Crippen molar-refractivity contribution in [2.24, 2.45) is 0 Å². The first-order chi connectivity index (χ1) is 9.22. The lowest BCUT2D eigenvalue weighted by Crippen LogP contribution is -2.01. The standard InChI is InChI=1S/C14H14BrFN2S/c1-2-13-10(7-15)8-17-14(18-13)9-19-12-5-3-4-11(16)6-12/h3-6,8H,2,7,9H2,1H3. The van der Waals surface area contributed by atoms with Crippen LogP contribution >= 0.6 is 27.7 Å². The van der Waals surface area contributed by atoms with E-state index in [0.29, 0.717) is 5.75 Å². The number of halogens is 2. The molecule has 1 heterocycles. The second-order valence-corrected chi connectivity index (χ2v) is 5.60. The molecule has 0 amide bonds. The third kappa shape index (κ3) is 4.01. The summed E-state index contributed by atoms with van der Waals surface area (Å²) in [5.74, 6) is 1.23. The van der Waals surface area contributed by atoms with Crippen molar-refractivity contribution in [2.45, 2.75) is 29.3 Å². The fourth-order valence-corrected chi connectivity index (χ4v) is 2.95. The van der Waals surface area contributed by atoms with Crippen LogP contribution in [0.5, 0.6) is 0 Å². The first-order valence-electron chi connectivity index (χ1n) is 6.01. The molecule has 2 nitrogen and oxygen atoms in total. The van der Waals surface area contributed by atoms with Gasteiger partial charge in [-0.2, -0.15) is 0 Å². The van der Waals surface area contributed by atoms with E-state index < -0.39 is 0 Å². The fraction of sp³-hybridized carbons (Fsp3) is 0.286. The topological polar surface area (TPSA) is 25.8 Å². The molecular formula is C14H14BrFN2S. The molecular weight excluding hydrogens is 327 g/mol. The van der Waals surface area contributed by atoms with Crippen molar-refractivity contribution in [1.29, 1.82) is 0 Å². The molecule has 0 saturated heterocycles. The lowest BCUT2D eigenvalue weighted by atomic mass is 10.2. The van der Waals surface area contributed by atoms with E-state index >= 15 is 0 Å². The van der Waals surface area contributed by atoms with E-state index in [1.807, 2.05) is 12.3 Å². The molecule has 2 rings (SSSR count). The Morgan fingerprint density at radius 3 is 2.89 bits per heavy atom. The van der Waals surface area contributed by atoms with Crippen LogP contribution in [0.25, 0.3) is 0 Å². The molecule has 0 spiro atoms. The molecule has 0 aliphatic rings. The number of aromatic nitrogens is 2. The maximum atomic E-state index is 13.1. The molecule has 0 aliphatic carbocycles. The van der Waals surface area contributed by atoms with E-state index in [0.717, 1.165) is 33.7 Å². The van der Waals surface area contributed by atoms with E-state index in [1.54, 1.807) is 17.8 Å². The molecule has 2 aromatic rings. The van der Waals surface area contributed by atoms with E-state index in [1.165, 1.54) is 12.1 Å². The van der Waals surface area contributed by atoms with Gasteiger partial charge >= 0.3 is 0 Å². The van der Waals surface area contributed by atoms with Gasteiger partial charge in [0.15, 0.2) is 0 Å². The van der Waals surface area contributed by atoms with Gasteiger partial charge in [-0.25, -0.2) is 14.4 Å². The average molecular weight is 341 g/mol. The van der Waals surface area contributed by atoms with Crippen LogP contribution in [0.4, 0.5) is 4.39 Å². The van der Waals surface area contributed by atoms with Gasteiger partial charge in [0, 0.05) is 27.7 Å². The zero-order valence-corrected chi connectivity index (χ0v) is 13.0. The van der Waals surface area contributed by atoms with Crippen LogP contribution in [-0.4, -0.2) is 9.97 Å². The molecule has 0 fully saturated rings. The fourth-order valence-electron chi connectivity index (χ4n) is 1.68. The highest BCUT2D eigenvalue weighted by molar-refractivity contribution is 9.08. The number of alkyl halides is 1. The Balaban J connectivity index is 2.07. The number of nitrogens with zero attached hydrogens (tertiary/aromatic N) is 2. The minimum atomic E-state index is -0.213. The van der Waals surface area contributed by atoms with E-state index in [4.69, 9.17) is 0 Å². The van der Waals surface area contributed by atoms with Crippen molar-refractivity contribution < 1.29 is 4.39 Å². The van der Waals surface area contributed by atoms with Crippen LogP contribution in [-0.2, 0) is 17.5 Å². The number of thioether (sulfide) groups is 1. The van der Waals surface area contributed by atoms with Crippen molar-refractivity contribution in [2.75, 3.05) is 0 Å². The largest absolute Gasteiger partial charge is 0.240 e. The van der Waals surface area contributed by atoms with E-state index in [9.17, 15) is 4.39 Å². The average Bonchev–Trinajstić information content (AvgIpc) is 2.45. The molecule has 100 valence electrons. The minimum Gasteiger partial charge on any atom is -0.240 e. The predicted molar refractivity (Wildman–Crippen MR) is 80.0 cm³/mol. The molecule has 0 atom stereocenters. The number of benzene rings is 1. The minimum absolute atomic E-state index is 0.213. The van der Waals surface area contributed by atoms with Crippen LogP contribution in [0, 0.1) is 5.82 Å².